The van der Waals surface area contributed by atoms with Crippen LogP contribution >= 0.6 is 0 Å². The molecule has 0 unspecified atom stereocenters. The summed E-state index contributed by atoms with van der Waals surface area (Å²) >= 11 is 0. The molecule has 1 heterocycles. The fraction of sp³-hybridized carbons (Fsp3) is 0. The molecule has 0 fully saturated rings. The van der Waals surface area contributed by atoms with E-state index in [-0.39, 0.29) is 0 Å². The van der Waals surface area contributed by atoms with Crippen LogP contribution in [0.2, 0.25) is 0 Å². The normalized spacial score (nSPS) is 11.4. The number of aromatic nitrogens is 1. The Morgan fingerprint density at radius 1 is 0.404 bits per heavy atom. The Bertz CT molecular complexity index is 2750. The minimum absolute atomic E-state index is 0.631. The van der Waals surface area contributed by atoms with Crippen LogP contribution in [0.3, 0.4) is 0 Å². The minimum Gasteiger partial charge on any atom is -0.309 e. The van der Waals surface area contributed by atoms with Gasteiger partial charge in [-0.15, -0.1) is 0 Å². The van der Waals surface area contributed by atoms with Crippen LogP contribution in [0.4, 0.5) is 11.4 Å². The molecule has 0 radical (unpaired) electrons. The van der Waals surface area contributed by atoms with E-state index in [1.165, 1.54) is 32.7 Å². The van der Waals surface area contributed by atoms with Crippen LogP contribution in [0.25, 0.3) is 91.8 Å². The number of hydrogen-bond donors (Lipinski definition) is 0. The molecular weight excluding hydrogens is 571 g/mol. The van der Waals surface area contributed by atoms with E-state index in [4.69, 9.17) is 13.1 Å². The largest absolute Gasteiger partial charge is 0.309 e. The molecule has 0 aliphatic heterocycles. The van der Waals surface area contributed by atoms with E-state index in [0.29, 0.717) is 11.4 Å². The predicted octanol–water partition coefficient (Wildman–Crippen LogP) is 12.7. The number of para-hydroxylation sites is 1. The van der Waals surface area contributed by atoms with E-state index in [1.54, 1.807) is 0 Å². The van der Waals surface area contributed by atoms with E-state index in [1.807, 2.05) is 36.4 Å². The van der Waals surface area contributed by atoms with Crippen LogP contribution in [-0.4, -0.2) is 4.57 Å². The smallest absolute Gasteiger partial charge is 0.194 e. The van der Waals surface area contributed by atoms with Crippen molar-refractivity contribution in [1.82, 2.24) is 4.57 Å². The average Bonchev–Trinajstić information content (AvgIpc) is 3.46. The van der Waals surface area contributed by atoms with Crippen molar-refractivity contribution in [3.05, 3.63) is 174 Å². The highest BCUT2D eigenvalue weighted by Crippen LogP contribution is 2.47. The Labute approximate surface area is 271 Å². The molecule has 0 atom stereocenters. The van der Waals surface area contributed by atoms with Gasteiger partial charge in [0.25, 0.3) is 0 Å². The molecule has 0 spiro atoms. The van der Waals surface area contributed by atoms with Crippen molar-refractivity contribution < 1.29 is 0 Å². The van der Waals surface area contributed by atoms with Crippen molar-refractivity contribution >= 4 is 65.5 Å². The summed E-state index contributed by atoms with van der Waals surface area (Å²) in [6, 6.07) is 52.8. The van der Waals surface area contributed by atoms with Gasteiger partial charge in [-0.1, -0.05) is 115 Å². The lowest BCUT2D eigenvalue weighted by atomic mass is 9.84. The highest BCUT2D eigenvalue weighted by atomic mass is 15.0. The van der Waals surface area contributed by atoms with Gasteiger partial charge in [0, 0.05) is 11.1 Å². The van der Waals surface area contributed by atoms with Crippen molar-refractivity contribution in [1.29, 1.82) is 0 Å². The van der Waals surface area contributed by atoms with Crippen molar-refractivity contribution in [2.24, 2.45) is 0 Å². The van der Waals surface area contributed by atoms with Gasteiger partial charge in [-0.3, -0.25) is 0 Å². The van der Waals surface area contributed by atoms with Gasteiger partial charge in [0.15, 0.2) is 11.4 Å². The van der Waals surface area contributed by atoms with Gasteiger partial charge in [-0.25, -0.2) is 9.69 Å². The molecule has 0 saturated carbocycles. The summed E-state index contributed by atoms with van der Waals surface area (Å²) < 4.78 is 2.29. The van der Waals surface area contributed by atoms with Crippen molar-refractivity contribution in [3.8, 4) is 27.9 Å². The summed E-state index contributed by atoms with van der Waals surface area (Å²) in [5, 5.41) is 8.92. The molecule has 0 N–H and O–H groups in total. The molecule has 9 rings (SSSR count). The average molecular weight is 596 g/mol. The van der Waals surface area contributed by atoms with Gasteiger partial charge >= 0.3 is 0 Å². The topological polar surface area (TPSA) is 13.7 Å². The lowest BCUT2D eigenvalue weighted by molar-refractivity contribution is 1.18. The number of rotatable bonds is 3. The number of fused-ring (bicyclic) bond motifs is 6. The predicted molar refractivity (Wildman–Crippen MR) is 197 cm³/mol. The Kier molecular flexibility index (Phi) is 5.94. The molecule has 0 bridgehead atoms. The van der Waals surface area contributed by atoms with Crippen LogP contribution in [-0.2, 0) is 0 Å². The third-order valence-corrected chi connectivity index (χ3v) is 9.40. The maximum Gasteiger partial charge on any atom is 0.194 e. The number of benzene rings is 8. The molecule has 47 heavy (non-hydrogen) atoms. The van der Waals surface area contributed by atoms with Gasteiger partial charge in [-0.05, 0) is 96.4 Å². The summed E-state index contributed by atoms with van der Waals surface area (Å²) in [6.07, 6.45) is 0. The van der Waals surface area contributed by atoms with E-state index in [0.717, 1.165) is 49.4 Å². The van der Waals surface area contributed by atoms with Crippen LogP contribution in [0.1, 0.15) is 0 Å². The molecule has 3 heteroatoms. The summed E-state index contributed by atoms with van der Waals surface area (Å²) in [7, 11) is 0. The zero-order valence-corrected chi connectivity index (χ0v) is 25.3. The first-order valence-electron chi connectivity index (χ1n) is 15.6. The molecule has 8 aromatic carbocycles. The van der Waals surface area contributed by atoms with E-state index >= 15 is 0 Å². The second-order valence-corrected chi connectivity index (χ2v) is 11.8. The molecular formula is C44H25N3. The quantitative estimate of drug-likeness (QED) is 0.142. The third-order valence-electron chi connectivity index (χ3n) is 9.40. The zero-order chi connectivity index (χ0) is 31.5. The standard InChI is InChI=1S/C44H25N3/c1-45-29-21-25-42-39(27-29)38-26-28(20-24-41(38)47(42)30-12-4-3-5-13-30)43-33-16-8-10-18-35(33)44(36-19-11-9-17-34(36)43)37-22-23-40(46-2)32-15-7-6-14-31(32)37/h3-27H. The van der Waals surface area contributed by atoms with Gasteiger partial charge in [0.05, 0.1) is 24.2 Å². The molecule has 0 aliphatic carbocycles. The van der Waals surface area contributed by atoms with Gasteiger partial charge in [0.1, 0.15) is 0 Å². The van der Waals surface area contributed by atoms with Crippen molar-refractivity contribution in [2.45, 2.75) is 0 Å². The molecule has 1 aromatic heterocycles. The van der Waals surface area contributed by atoms with Crippen LogP contribution in [0, 0.1) is 13.1 Å². The van der Waals surface area contributed by atoms with Crippen LogP contribution in [0.5, 0.6) is 0 Å². The first-order chi connectivity index (χ1) is 23.2. The lowest BCUT2D eigenvalue weighted by Crippen LogP contribution is -1.93. The fourth-order valence-electron chi connectivity index (χ4n) is 7.42. The van der Waals surface area contributed by atoms with E-state index < -0.39 is 0 Å². The van der Waals surface area contributed by atoms with E-state index in [9.17, 15) is 0 Å². The minimum atomic E-state index is 0.631. The van der Waals surface area contributed by atoms with Crippen molar-refractivity contribution in [2.75, 3.05) is 0 Å². The molecule has 216 valence electrons. The first kappa shape index (κ1) is 26.7. The summed E-state index contributed by atoms with van der Waals surface area (Å²) in [6.45, 7) is 15.5. The molecule has 3 nitrogen and oxygen atoms in total. The second-order valence-electron chi connectivity index (χ2n) is 11.8. The van der Waals surface area contributed by atoms with Crippen molar-refractivity contribution in [3.63, 3.8) is 0 Å². The Morgan fingerprint density at radius 2 is 0.957 bits per heavy atom. The maximum absolute atomic E-state index is 7.78. The highest BCUT2D eigenvalue weighted by Gasteiger charge is 2.20. The zero-order valence-electron chi connectivity index (χ0n) is 25.3. The molecule has 0 aliphatic rings. The monoisotopic (exact) mass is 595 g/mol. The number of hydrogen-bond acceptors (Lipinski definition) is 0. The molecule has 9 aromatic rings. The third kappa shape index (κ3) is 3.98. The van der Waals surface area contributed by atoms with E-state index in [2.05, 4.69) is 130 Å². The summed E-state index contributed by atoms with van der Waals surface area (Å²) in [5.41, 5.74) is 9.19. The summed E-state index contributed by atoms with van der Waals surface area (Å²) in [4.78, 5) is 7.59. The SMILES string of the molecule is [C-]#[N+]c1ccc2c(c1)c1cc(-c3c4ccccc4c(-c4ccc([N+]#[C-])c5ccccc45)c4ccccc34)ccc1n2-c1ccccc1. The first-order valence-corrected chi connectivity index (χ1v) is 15.6. The summed E-state index contributed by atoms with van der Waals surface area (Å²) in [5.74, 6) is 0. The fourth-order valence-corrected chi connectivity index (χ4v) is 7.42. The highest BCUT2D eigenvalue weighted by molar-refractivity contribution is 6.24. The van der Waals surface area contributed by atoms with Crippen LogP contribution < -0.4 is 0 Å². The maximum atomic E-state index is 7.78. The Hall–Kier alpha value is -6.68. The van der Waals surface area contributed by atoms with Gasteiger partial charge < -0.3 is 4.57 Å². The van der Waals surface area contributed by atoms with Crippen LogP contribution in [0.15, 0.2) is 152 Å². The molecule has 0 amide bonds. The number of nitrogens with zero attached hydrogens (tertiary/aromatic N) is 3. The lowest BCUT2D eigenvalue weighted by Gasteiger charge is -2.19. The second kappa shape index (κ2) is 10.5. The van der Waals surface area contributed by atoms with Gasteiger partial charge in [0.2, 0.25) is 0 Å². The molecule has 0 saturated heterocycles. The Balaban J connectivity index is 1.39. The Morgan fingerprint density at radius 3 is 1.60 bits per heavy atom. The van der Waals surface area contributed by atoms with Gasteiger partial charge in [-0.2, -0.15) is 0 Å².